The van der Waals surface area contributed by atoms with Crippen LogP contribution in [0.2, 0.25) is 0 Å². The van der Waals surface area contributed by atoms with Gasteiger partial charge in [-0.3, -0.25) is 9.59 Å². The Hall–Kier alpha value is -2.66. The Morgan fingerprint density at radius 1 is 1.19 bits per heavy atom. The molecule has 2 aromatic rings. The number of carbonyl (C=O) groups excluding carboxylic acids is 2. The summed E-state index contributed by atoms with van der Waals surface area (Å²) in [5.41, 5.74) is 4.13. The van der Waals surface area contributed by atoms with Crippen LogP contribution in [-0.4, -0.2) is 36.9 Å². The molecule has 1 heterocycles. The summed E-state index contributed by atoms with van der Waals surface area (Å²) in [6, 6.07) is 16.0. The van der Waals surface area contributed by atoms with E-state index in [2.05, 4.69) is 46.7 Å². The highest BCUT2D eigenvalue weighted by atomic mass is 16.2. The standard InChI is InChI=1S/C21H25N3O2/c1-15-7-9-16(10-8-15)14-24(2)12-11-22-21(26)18-13-20(25)23-19-6-4-3-5-17(18)19/h3-10,18H,11-14H2,1-2H3,(H,22,26)(H,23,25). The monoisotopic (exact) mass is 351 g/mol. The van der Waals surface area contributed by atoms with Crippen molar-refractivity contribution < 1.29 is 9.59 Å². The van der Waals surface area contributed by atoms with Gasteiger partial charge >= 0.3 is 0 Å². The largest absolute Gasteiger partial charge is 0.354 e. The van der Waals surface area contributed by atoms with E-state index in [1.807, 2.05) is 31.3 Å². The average Bonchev–Trinajstić information content (AvgIpc) is 2.62. The van der Waals surface area contributed by atoms with Gasteiger partial charge in [-0.1, -0.05) is 48.0 Å². The van der Waals surface area contributed by atoms with Crippen molar-refractivity contribution in [3.63, 3.8) is 0 Å². The molecule has 0 radical (unpaired) electrons. The molecule has 5 heteroatoms. The van der Waals surface area contributed by atoms with Crippen LogP contribution in [0.15, 0.2) is 48.5 Å². The van der Waals surface area contributed by atoms with Gasteiger partial charge in [-0.25, -0.2) is 0 Å². The van der Waals surface area contributed by atoms with Crippen LogP contribution >= 0.6 is 0 Å². The van der Waals surface area contributed by atoms with Crippen LogP contribution in [0, 0.1) is 6.92 Å². The number of benzene rings is 2. The van der Waals surface area contributed by atoms with Crippen molar-refractivity contribution in [1.82, 2.24) is 10.2 Å². The summed E-state index contributed by atoms with van der Waals surface area (Å²) < 4.78 is 0. The van der Waals surface area contributed by atoms with Crippen molar-refractivity contribution in [3.05, 3.63) is 65.2 Å². The maximum atomic E-state index is 12.6. The van der Waals surface area contributed by atoms with Crippen molar-refractivity contribution in [2.45, 2.75) is 25.8 Å². The fourth-order valence-corrected chi connectivity index (χ4v) is 3.22. The lowest BCUT2D eigenvalue weighted by Gasteiger charge is -2.25. The topological polar surface area (TPSA) is 61.4 Å². The number of amides is 2. The smallest absolute Gasteiger partial charge is 0.228 e. The fourth-order valence-electron chi connectivity index (χ4n) is 3.22. The first-order valence-corrected chi connectivity index (χ1v) is 8.93. The van der Waals surface area contributed by atoms with Crippen molar-refractivity contribution in [2.24, 2.45) is 0 Å². The molecule has 26 heavy (non-hydrogen) atoms. The van der Waals surface area contributed by atoms with Gasteiger partial charge in [-0.15, -0.1) is 0 Å². The molecule has 1 unspecified atom stereocenters. The van der Waals surface area contributed by atoms with E-state index in [1.165, 1.54) is 11.1 Å². The summed E-state index contributed by atoms with van der Waals surface area (Å²) in [4.78, 5) is 26.6. The second kappa shape index (κ2) is 8.15. The molecule has 0 saturated heterocycles. The molecule has 1 aliphatic rings. The highest BCUT2D eigenvalue weighted by Crippen LogP contribution is 2.31. The SMILES string of the molecule is Cc1ccc(CN(C)CCNC(=O)C2CC(=O)Nc3ccccc32)cc1. The zero-order valence-corrected chi connectivity index (χ0v) is 15.3. The predicted molar refractivity (Wildman–Crippen MR) is 103 cm³/mol. The van der Waals surface area contributed by atoms with E-state index in [0.29, 0.717) is 6.54 Å². The Bertz CT molecular complexity index is 786. The summed E-state index contributed by atoms with van der Waals surface area (Å²) in [6.07, 6.45) is 0.196. The number of hydrogen-bond acceptors (Lipinski definition) is 3. The van der Waals surface area contributed by atoms with Crippen LogP contribution in [0.1, 0.15) is 29.0 Å². The number of para-hydroxylation sites is 1. The zero-order chi connectivity index (χ0) is 18.5. The molecule has 0 saturated carbocycles. The van der Waals surface area contributed by atoms with Gasteiger partial charge in [0.25, 0.3) is 0 Å². The Labute approximate surface area is 154 Å². The van der Waals surface area contributed by atoms with E-state index in [-0.39, 0.29) is 18.2 Å². The van der Waals surface area contributed by atoms with E-state index in [1.54, 1.807) is 0 Å². The number of hydrogen-bond donors (Lipinski definition) is 2. The van der Waals surface area contributed by atoms with Crippen molar-refractivity contribution >= 4 is 17.5 Å². The molecule has 0 aromatic heterocycles. The molecule has 2 N–H and O–H groups in total. The average molecular weight is 351 g/mol. The minimum Gasteiger partial charge on any atom is -0.354 e. The number of aryl methyl sites for hydroxylation is 1. The molecule has 2 aromatic carbocycles. The predicted octanol–water partition coefficient (Wildman–Crippen LogP) is 2.67. The van der Waals surface area contributed by atoms with Gasteiger partial charge < -0.3 is 15.5 Å². The van der Waals surface area contributed by atoms with Crippen molar-refractivity contribution in [2.75, 3.05) is 25.5 Å². The van der Waals surface area contributed by atoms with E-state index >= 15 is 0 Å². The molecule has 0 bridgehead atoms. The molecular formula is C21H25N3O2. The Morgan fingerprint density at radius 3 is 2.69 bits per heavy atom. The molecule has 1 aliphatic heterocycles. The van der Waals surface area contributed by atoms with Gasteiger partial charge in [-0.05, 0) is 31.2 Å². The molecule has 2 amide bonds. The summed E-state index contributed by atoms with van der Waals surface area (Å²) in [6.45, 7) is 4.22. The van der Waals surface area contributed by atoms with Crippen LogP contribution in [0.4, 0.5) is 5.69 Å². The number of fused-ring (bicyclic) bond motifs is 1. The number of rotatable bonds is 6. The number of carbonyl (C=O) groups is 2. The Balaban J connectivity index is 1.51. The summed E-state index contributed by atoms with van der Waals surface area (Å²) in [5.74, 6) is -0.612. The molecule has 3 rings (SSSR count). The third-order valence-corrected chi connectivity index (χ3v) is 4.68. The quantitative estimate of drug-likeness (QED) is 0.841. The van der Waals surface area contributed by atoms with Crippen LogP contribution in [0.25, 0.3) is 0 Å². The summed E-state index contributed by atoms with van der Waals surface area (Å²) >= 11 is 0. The van der Waals surface area contributed by atoms with Crippen LogP contribution < -0.4 is 10.6 Å². The molecule has 1 atom stereocenters. The first-order valence-electron chi connectivity index (χ1n) is 8.93. The van der Waals surface area contributed by atoms with Crippen molar-refractivity contribution in [3.8, 4) is 0 Å². The second-order valence-corrected chi connectivity index (χ2v) is 6.91. The molecule has 0 fully saturated rings. The molecular weight excluding hydrogens is 326 g/mol. The van der Waals surface area contributed by atoms with Crippen molar-refractivity contribution in [1.29, 1.82) is 0 Å². The summed E-state index contributed by atoms with van der Waals surface area (Å²) in [5, 5.41) is 5.80. The number of nitrogens with zero attached hydrogens (tertiary/aromatic N) is 1. The summed E-state index contributed by atoms with van der Waals surface area (Å²) in [7, 11) is 2.04. The normalized spacial score (nSPS) is 16.1. The first-order chi connectivity index (χ1) is 12.5. The maximum absolute atomic E-state index is 12.6. The number of likely N-dealkylation sites (N-methyl/N-ethyl adjacent to an activating group) is 1. The van der Waals surface area contributed by atoms with Gasteiger partial charge in [-0.2, -0.15) is 0 Å². The van der Waals surface area contributed by atoms with Crippen LogP contribution in [0.5, 0.6) is 0 Å². The highest BCUT2D eigenvalue weighted by Gasteiger charge is 2.30. The lowest BCUT2D eigenvalue weighted by atomic mass is 9.90. The number of nitrogens with one attached hydrogen (secondary N) is 2. The van der Waals surface area contributed by atoms with Crippen LogP contribution in [0.3, 0.4) is 0 Å². The Kier molecular flexibility index (Phi) is 5.68. The van der Waals surface area contributed by atoms with E-state index in [0.717, 1.165) is 24.3 Å². The second-order valence-electron chi connectivity index (χ2n) is 6.91. The van der Waals surface area contributed by atoms with Crippen LogP contribution in [-0.2, 0) is 16.1 Å². The minimum absolute atomic E-state index is 0.0870. The van der Waals surface area contributed by atoms with Gasteiger partial charge in [0, 0.05) is 31.7 Å². The first kappa shape index (κ1) is 18.1. The molecule has 0 aliphatic carbocycles. The lowest BCUT2D eigenvalue weighted by molar-refractivity contribution is -0.126. The third-order valence-electron chi connectivity index (χ3n) is 4.68. The third kappa shape index (κ3) is 4.49. The molecule has 136 valence electrons. The van der Waals surface area contributed by atoms with E-state index < -0.39 is 5.92 Å². The zero-order valence-electron chi connectivity index (χ0n) is 15.3. The molecule has 5 nitrogen and oxygen atoms in total. The van der Waals surface area contributed by atoms with Gasteiger partial charge in [0.15, 0.2) is 0 Å². The van der Waals surface area contributed by atoms with E-state index in [9.17, 15) is 9.59 Å². The lowest BCUT2D eigenvalue weighted by Crippen LogP contribution is -2.38. The van der Waals surface area contributed by atoms with Gasteiger partial charge in [0.05, 0.1) is 5.92 Å². The van der Waals surface area contributed by atoms with Gasteiger partial charge in [0.1, 0.15) is 0 Å². The minimum atomic E-state index is -0.414. The fraction of sp³-hybridized carbons (Fsp3) is 0.333. The van der Waals surface area contributed by atoms with Gasteiger partial charge in [0.2, 0.25) is 11.8 Å². The molecule has 0 spiro atoms. The maximum Gasteiger partial charge on any atom is 0.228 e. The number of anilines is 1. The Morgan fingerprint density at radius 2 is 1.92 bits per heavy atom. The van der Waals surface area contributed by atoms with E-state index in [4.69, 9.17) is 0 Å². The highest BCUT2D eigenvalue weighted by molar-refractivity contribution is 6.01.